The van der Waals surface area contributed by atoms with Gasteiger partial charge in [0.05, 0.1) is 0 Å². The highest BCUT2D eigenvalue weighted by atomic mass is 15.2. The van der Waals surface area contributed by atoms with Crippen LogP contribution in [0.2, 0.25) is 0 Å². The monoisotopic (exact) mass is 219 g/mol. The van der Waals surface area contributed by atoms with E-state index in [2.05, 4.69) is 29.8 Å². The number of piperidine rings is 1. The van der Waals surface area contributed by atoms with Crippen LogP contribution < -0.4 is 10.6 Å². The zero-order chi connectivity index (χ0) is 11.5. The van der Waals surface area contributed by atoms with Gasteiger partial charge in [0.15, 0.2) is 0 Å². The maximum Gasteiger partial charge on any atom is 0.133 e. The SMILES string of the molecule is CC1CCC(C)N(c2ncccc2CN)C1. The molecule has 1 aliphatic rings. The summed E-state index contributed by atoms with van der Waals surface area (Å²) in [6, 6.07) is 4.62. The molecule has 0 bridgehead atoms. The van der Waals surface area contributed by atoms with Crippen LogP contribution in [0.1, 0.15) is 32.3 Å². The van der Waals surface area contributed by atoms with Crippen LogP contribution in [0, 0.1) is 5.92 Å². The van der Waals surface area contributed by atoms with Gasteiger partial charge in [-0.2, -0.15) is 0 Å². The van der Waals surface area contributed by atoms with E-state index >= 15 is 0 Å². The van der Waals surface area contributed by atoms with Gasteiger partial charge in [-0.25, -0.2) is 4.98 Å². The number of pyridine rings is 1. The molecule has 0 amide bonds. The van der Waals surface area contributed by atoms with Gasteiger partial charge >= 0.3 is 0 Å². The van der Waals surface area contributed by atoms with Crippen molar-refractivity contribution >= 4 is 5.82 Å². The normalized spacial score (nSPS) is 25.8. The molecule has 2 unspecified atom stereocenters. The van der Waals surface area contributed by atoms with E-state index < -0.39 is 0 Å². The minimum Gasteiger partial charge on any atom is -0.353 e. The minimum absolute atomic E-state index is 0.570. The van der Waals surface area contributed by atoms with Crippen molar-refractivity contribution in [2.45, 2.75) is 39.3 Å². The van der Waals surface area contributed by atoms with Crippen molar-refractivity contribution in [2.75, 3.05) is 11.4 Å². The molecule has 1 aliphatic heterocycles. The average Bonchev–Trinajstić information content (AvgIpc) is 2.32. The molecule has 0 aliphatic carbocycles. The first-order valence-corrected chi connectivity index (χ1v) is 6.13. The maximum atomic E-state index is 5.77. The predicted molar refractivity (Wildman–Crippen MR) is 67.3 cm³/mol. The second-order valence-corrected chi connectivity index (χ2v) is 4.87. The van der Waals surface area contributed by atoms with Gasteiger partial charge < -0.3 is 10.6 Å². The van der Waals surface area contributed by atoms with E-state index in [1.54, 1.807) is 0 Å². The Labute approximate surface area is 97.7 Å². The van der Waals surface area contributed by atoms with Crippen LogP contribution in [-0.2, 0) is 6.54 Å². The Kier molecular flexibility index (Phi) is 3.44. The molecule has 1 fully saturated rings. The van der Waals surface area contributed by atoms with Crippen LogP contribution in [0.15, 0.2) is 18.3 Å². The molecular formula is C13H21N3. The predicted octanol–water partition coefficient (Wildman–Crippen LogP) is 2.17. The Morgan fingerprint density at radius 2 is 2.25 bits per heavy atom. The Morgan fingerprint density at radius 1 is 1.44 bits per heavy atom. The largest absolute Gasteiger partial charge is 0.353 e. The molecule has 2 atom stereocenters. The summed E-state index contributed by atoms with van der Waals surface area (Å²) in [6.45, 7) is 6.26. The summed E-state index contributed by atoms with van der Waals surface area (Å²) in [6.07, 6.45) is 4.44. The lowest BCUT2D eigenvalue weighted by Crippen LogP contribution is -2.42. The molecule has 1 saturated heterocycles. The number of rotatable bonds is 2. The molecule has 2 N–H and O–H groups in total. The third kappa shape index (κ3) is 2.19. The summed E-state index contributed by atoms with van der Waals surface area (Å²) in [7, 11) is 0. The zero-order valence-electron chi connectivity index (χ0n) is 10.2. The average molecular weight is 219 g/mol. The quantitative estimate of drug-likeness (QED) is 0.829. The van der Waals surface area contributed by atoms with Gasteiger partial charge in [-0.05, 0) is 31.7 Å². The fourth-order valence-electron chi connectivity index (χ4n) is 2.43. The Hall–Kier alpha value is -1.09. The summed E-state index contributed by atoms with van der Waals surface area (Å²) in [5.41, 5.74) is 6.93. The van der Waals surface area contributed by atoms with E-state index in [-0.39, 0.29) is 0 Å². The van der Waals surface area contributed by atoms with Gasteiger partial charge in [0.25, 0.3) is 0 Å². The van der Waals surface area contributed by atoms with E-state index in [9.17, 15) is 0 Å². The molecule has 0 spiro atoms. The fraction of sp³-hybridized carbons (Fsp3) is 0.615. The highest BCUT2D eigenvalue weighted by molar-refractivity contribution is 5.48. The molecule has 0 saturated carbocycles. The van der Waals surface area contributed by atoms with Gasteiger partial charge in [0.1, 0.15) is 5.82 Å². The van der Waals surface area contributed by atoms with Crippen LogP contribution >= 0.6 is 0 Å². The molecule has 0 radical (unpaired) electrons. The van der Waals surface area contributed by atoms with E-state index in [0.717, 1.165) is 23.8 Å². The number of hydrogen-bond acceptors (Lipinski definition) is 3. The second-order valence-electron chi connectivity index (χ2n) is 4.87. The molecule has 0 aromatic carbocycles. The Morgan fingerprint density at radius 3 is 3.00 bits per heavy atom. The minimum atomic E-state index is 0.570. The van der Waals surface area contributed by atoms with Crippen LogP contribution in [0.3, 0.4) is 0 Å². The first-order chi connectivity index (χ1) is 7.72. The van der Waals surface area contributed by atoms with Crippen LogP contribution in [0.5, 0.6) is 0 Å². The fourth-order valence-corrected chi connectivity index (χ4v) is 2.43. The van der Waals surface area contributed by atoms with Crippen LogP contribution in [-0.4, -0.2) is 17.6 Å². The van der Waals surface area contributed by atoms with Gasteiger partial charge in [0.2, 0.25) is 0 Å². The molecular weight excluding hydrogens is 198 g/mol. The number of anilines is 1. The molecule has 3 heteroatoms. The van der Waals surface area contributed by atoms with Crippen molar-refractivity contribution < 1.29 is 0 Å². The van der Waals surface area contributed by atoms with E-state index in [1.807, 2.05) is 12.3 Å². The zero-order valence-corrected chi connectivity index (χ0v) is 10.2. The Balaban J connectivity index is 2.27. The summed E-state index contributed by atoms with van der Waals surface area (Å²) in [4.78, 5) is 6.92. The highest BCUT2D eigenvalue weighted by Gasteiger charge is 2.25. The van der Waals surface area contributed by atoms with E-state index in [1.165, 1.54) is 12.8 Å². The van der Waals surface area contributed by atoms with Crippen LogP contribution in [0.4, 0.5) is 5.82 Å². The molecule has 88 valence electrons. The summed E-state index contributed by atoms with van der Waals surface area (Å²) < 4.78 is 0. The van der Waals surface area contributed by atoms with Crippen molar-refractivity contribution in [2.24, 2.45) is 11.7 Å². The van der Waals surface area contributed by atoms with Gasteiger partial charge in [0, 0.05) is 30.9 Å². The van der Waals surface area contributed by atoms with E-state index in [0.29, 0.717) is 12.6 Å². The van der Waals surface area contributed by atoms with Crippen molar-refractivity contribution in [3.8, 4) is 0 Å². The number of nitrogens with zero attached hydrogens (tertiary/aromatic N) is 2. The van der Waals surface area contributed by atoms with Crippen molar-refractivity contribution in [1.29, 1.82) is 0 Å². The lowest BCUT2D eigenvalue weighted by molar-refractivity contribution is 0.387. The molecule has 2 heterocycles. The molecule has 1 aromatic heterocycles. The van der Waals surface area contributed by atoms with Crippen LogP contribution in [0.25, 0.3) is 0 Å². The number of aromatic nitrogens is 1. The molecule has 1 aromatic rings. The molecule has 2 rings (SSSR count). The highest BCUT2D eigenvalue weighted by Crippen LogP contribution is 2.27. The summed E-state index contributed by atoms with van der Waals surface area (Å²) in [5.74, 6) is 1.84. The first-order valence-electron chi connectivity index (χ1n) is 6.13. The topological polar surface area (TPSA) is 42.2 Å². The Bertz CT molecular complexity index is 351. The summed E-state index contributed by atoms with van der Waals surface area (Å²) in [5, 5.41) is 0. The van der Waals surface area contributed by atoms with Gasteiger partial charge in [-0.1, -0.05) is 13.0 Å². The van der Waals surface area contributed by atoms with Crippen molar-refractivity contribution in [3.63, 3.8) is 0 Å². The third-order valence-corrected chi connectivity index (χ3v) is 3.48. The number of nitrogens with two attached hydrogens (primary N) is 1. The molecule has 3 nitrogen and oxygen atoms in total. The lowest BCUT2D eigenvalue weighted by atomic mass is 9.94. The number of hydrogen-bond donors (Lipinski definition) is 1. The maximum absolute atomic E-state index is 5.77. The van der Waals surface area contributed by atoms with Crippen molar-refractivity contribution in [1.82, 2.24) is 4.98 Å². The van der Waals surface area contributed by atoms with Crippen molar-refractivity contribution in [3.05, 3.63) is 23.9 Å². The standard InChI is InChI=1S/C13H21N3/c1-10-5-6-11(2)16(9-10)13-12(8-14)4-3-7-15-13/h3-4,7,10-11H,5-6,8-9,14H2,1-2H3. The second kappa shape index (κ2) is 4.83. The van der Waals surface area contributed by atoms with Gasteiger partial charge in [-0.3, -0.25) is 0 Å². The lowest BCUT2D eigenvalue weighted by Gasteiger charge is -2.38. The molecule has 16 heavy (non-hydrogen) atoms. The summed E-state index contributed by atoms with van der Waals surface area (Å²) >= 11 is 0. The smallest absolute Gasteiger partial charge is 0.133 e. The first kappa shape index (κ1) is 11.4. The van der Waals surface area contributed by atoms with Gasteiger partial charge in [-0.15, -0.1) is 0 Å². The van der Waals surface area contributed by atoms with E-state index in [4.69, 9.17) is 5.73 Å². The third-order valence-electron chi connectivity index (χ3n) is 3.48.